The molecule has 19 heavy (non-hydrogen) atoms. The third-order valence-electron chi connectivity index (χ3n) is 2.71. The van der Waals surface area contributed by atoms with Crippen LogP contribution in [0.25, 0.3) is 0 Å². The highest BCUT2D eigenvalue weighted by atomic mass is 16.6. The van der Waals surface area contributed by atoms with Gasteiger partial charge in [-0.05, 0) is 25.0 Å². The average Bonchev–Trinajstić information content (AvgIpc) is 2.44. The summed E-state index contributed by atoms with van der Waals surface area (Å²) in [6.45, 7) is 5.94. The number of allylic oxidation sites excluding steroid dienone is 1. The highest BCUT2D eigenvalue weighted by Gasteiger charge is 2.25. The van der Waals surface area contributed by atoms with E-state index >= 15 is 0 Å². The Morgan fingerprint density at radius 1 is 1.42 bits per heavy atom. The highest BCUT2D eigenvalue weighted by molar-refractivity contribution is 5.77. The van der Waals surface area contributed by atoms with Gasteiger partial charge in [0.1, 0.15) is 5.75 Å². The van der Waals surface area contributed by atoms with Crippen LogP contribution in [0.15, 0.2) is 30.9 Å². The molecule has 4 nitrogen and oxygen atoms in total. The fourth-order valence-electron chi connectivity index (χ4n) is 1.82. The summed E-state index contributed by atoms with van der Waals surface area (Å²) in [5, 5.41) is 0. The van der Waals surface area contributed by atoms with Gasteiger partial charge in [-0.3, -0.25) is 0 Å². The lowest BCUT2D eigenvalue weighted by molar-refractivity contribution is -0.154. The summed E-state index contributed by atoms with van der Waals surface area (Å²) in [5.74, 6) is 0.180. The van der Waals surface area contributed by atoms with Crippen molar-refractivity contribution in [2.24, 2.45) is 0 Å². The molecule has 0 amide bonds. The fourth-order valence-corrected chi connectivity index (χ4v) is 1.82. The summed E-state index contributed by atoms with van der Waals surface area (Å²) in [4.78, 5) is 11.8. The van der Waals surface area contributed by atoms with E-state index in [4.69, 9.17) is 14.2 Å². The summed E-state index contributed by atoms with van der Waals surface area (Å²) < 4.78 is 15.5. The lowest BCUT2D eigenvalue weighted by Gasteiger charge is -2.18. The third kappa shape index (κ3) is 3.83. The van der Waals surface area contributed by atoms with Gasteiger partial charge in [0.2, 0.25) is 0 Å². The van der Waals surface area contributed by atoms with Crippen LogP contribution >= 0.6 is 0 Å². The number of rotatable bonds is 7. The minimum Gasteiger partial charge on any atom is -0.496 e. The molecule has 0 bridgehead atoms. The van der Waals surface area contributed by atoms with Crippen molar-refractivity contribution in [3.05, 3.63) is 42.0 Å². The van der Waals surface area contributed by atoms with E-state index in [2.05, 4.69) is 6.58 Å². The molecule has 1 rings (SSSR count). The van der Waals surface area contributed by atoms with Crippen LogP contribution in [0.5, 0.6) is 5.75 Å². The molecule has 1 aromatic carbocycles. The van der Waals surface area contributed by atoms with E-state index in [1.165, 1.54) is 7.11 Å². The molecule has 0 saturated carbocycles. The molecular weight excluding hydrogens is 244 g/mol. The first-order valence-corrected chi connectivity index (χ1v) is 6.15. The van der Waals surface area contributed by atoms with E-state index in [9.17, 15) is 4.79 Å². The van der Waals surface area contributed by atoms with Crippen molar-refractivity contribution >= 4 is 5.97 Å². The molecule has 1 atom stereocenters. The van der Waals surface area contributed by atoms with Crippen LogP contribution in [0.4, 0.5) is 0 Å². The first-order chi connectivity index (χ1) is 9.17. The Morgan fingerprint density at radius 2 is 2.16 bits per heavy atom. The Balaban J connectivity index is 3.14. The van der Waals surface area contributed by atoms with Gasteiger partial charge in [0.25, 0.3) is 0 Å². The quantitative estimate of drug-likeness (QED) is 0.561. The van der Waals surface area contributed by atoms with Crippen LogP contribution in [0.2, 0.25) is 0 Å². The average molecular weight is 264 g/mol. The van der Waals surface area contributed by atoms with Crippen LogP contribution < -0.4 is 4.74 Å². The molecule has 0 radical (unpaired) electrons. The summed E-state index contributed by atoms with van der Waals surface area (Å²) in [6, 6.07) is 5.63. The highest BCUT2D eigenvalue weighted by Crippen LogP contribution is 2.30. The van der Waals surface area contributed by atoms with Gasteiger partial charge >= 0.3 is 5.97 Å². The summed E-state index contributed by atoms with van der Waals surface area (Å²) in [6.07, 6.45) is 1.80. The van der Waals surface area contributed by atoms with E-state index in [1.807, 2.05) is 31.2 Å². The summed E-state index contributed by atoms with van der Waals surface area (Å²) in [7, 11) is 2.91. The SMILES string of the molecule is C=CCc1ccc(C(OCC)C(=O)OC)c(OC)c1. The van der Waals surface area contributed by atoms with Crippen molar-refractivity contribution in [1.82, 2.24) is 0 Å². The first kappa shape index (κ1) is 15.2. The summed E-state index contributed by atoms with van der Waals surface area (Å²) >= 11 is 0. The lowest BCUT2D eigenvalue weighted by atomic mass is 10.0. The molecule has 0 saturated heterocycles. The summed E-state index contributed by atoms with van der Waals surface area (Å²) in [5.41, 5.74) is 1.74. The smallest absolute Gasteiger partial charge is 0.339 e. The van der Waals surface area contributed by atoms with E-state index in [-0.39, 0.29) is 0 Å². The first-order valence-electron chi connectivity index (χ1n) is 6.15. The van der Waals surface area contributed by atoms with Crippen LogP contribution in [-0.2, 0) is 20.7 Å². The van der Waals surface area contributed by atoms with E-state index < -0.39 is 12.1 Å². The molecule has 104 valence electrons. The molecule has 1 unspecified atom stereocenters. The van der Waals surface area contributed by atoms with Gasteiger partial charge in [-0.1, -0.05) is 18.2 Å². The number of carbonyl (C=O) groups is 1. The van der Waals surface area contributed by atoms with Gasteiger partial charge in [0.05, 0.1) is 14.2 Å². The topological polar surface area (TPSA) is 44.8 Å². The molecule has 0 aliphatic heterocycles. The molecule has 0 aliphatic rings. The van der Waals surface area contributed by atoms with Gasteiger partial charge in [0, 0.05) is 12.2 Å². The number of ether oxygens (including phenoxy) is 3. The van der Waals surface area contributed by atoms with Crippen LogP contribution in [0, 0.1) is 0 Å². The number of methoxy groups -OCH3 is 2. The molecule has 0 heterocycles. The number of hydrogen-bond acceptors (Lipinski definition) is 4. The third-order valence-corrected chi connectivity index (χ3v) is 2.71. The van der Waals surface area contributed by atoms with Crippen molar-refractivity contribution in [3.8, 4) is 5.75 Å². The zero-order valence-electron chi connectivity index (χ0n) is 11.6. The number of hydrogen-bond donors (Lipinski definition) is 0. The molecule has 0 fully saturated rings. The standard InChI is InChI=1S/C15H20O4/c1-5-7-11-8-9-12(13(10-11)17-3)14(19-6-2)15(16)18-4/h5,8-10,14H,1,6-7H2,2-4H3. The maximum absolute atomic E-state index is 11.8. The Hall–Kier alpha value is -1.81. The molecular formula is C15H20O4. The van der Waals surface area contributed by atoms with Gasteiger partial charge in [-0.25, -0.2) is 4.79 Å². The zero-order chi connectivity index (χ0) is 14.3. The van der Waals surface area contributed by atoms with E-state index in [1.54, 1.807) is 7.11 Å². The van der Waals surface area contributed by atoms with Crippen LogP contribution in [-0.4, -0.2) is 26.8 Å². The number of benzene rings is 1. The predicted octanol–water partition coefficient (Wildman–Crippen LogP) is 2.67. The van der Waals surface area contributed by atoms with Gasteiger partial charge < -0.3 is 14.2 Å². The van der Waals surface area contributed by atoms with E-state index in [0.717, 1.165) is 12.0 Å². The molecule has 0 N–H and O–H groups in total. The Labute approximate surface area is 114 Å². The second-order valence-electron chi connectivity index (χ2n) is 3.93. The Kier molecular flexibility index (Phi) is 6.09. The number of esters is 1. The molecule has 0 spiro atoms. The predicted molar refractivity (Wildman–Crippen MR) is 73.3 cm³/mol. The van der Waals surface area contributed by atoms with Gasteiger partial charge in [-0.2, -0.15) is 0 Å². The molecule has 0 aromatic heterocycles. The van der Waals surface area contributed by atoms with Crippen LogP contribution in [0.1, 0.15) is 24.2 Å². The second-order valence-corrected chi connectivity index (χ2v) is 3.93. The lowest BCUT2D eigenvalue weighted by Crippen LogP contribution is -2.18. The number of carbonyl (C=O) groups excluding carboxylic acids is 1. The van der Waals surface area contributed by atoms with E-state index in [0.29, 0.717) is 17.9 Å². The Morgan fingerprint density at radius 3 is 2.68 bits per heavy atom. The Bertz CT molecular complexity index is 440. The molecule has 4 heteroatoms. The molecule has 1 aromatic rings. The fraction of sp³-hybridized carbons (Fsp3) is 0.400. The van der Waals surface area contributed by atoms with Crippen molar-refractivity contribution in [2.45, 2.75) is 19.4 Å². The molecule has 0 aliphatic carbocycles. The van der Waals surface area contributed by atoms with Crippen molar-refractivity contribution in [2.75, 3.05) is 20.8 Å². The normalized spacial score (nSPS) is 11.7. The van der Waals surface area contributed by atoms with Gasteiger partial charge in [-0.15, -0.1) is 6.58 Å². The minimum atomic E-state index is -0.761. The minimum absolute atomic E-state index is 0.414. The second kappa shape index (κ2) is 7.59. The maximum Gasteiger partial charge on any atom is 0.339 e. The van der Waals surface area contributed by atoms with Crippen molar-refractivity contribution in [1.29, 1.82) is 0 Å². The maximum atomic E-state index is 11.8. The largest absolute Gasteiger partial charge is 0.496 e. The van der Waals surface area contributed by atoms with Gasteiger partial charge in [0.15, 0.2) is 6.10 Å². The van der Waals surface area contributed by atoms with Crippen molar-refractivity contribution in [3.63, 3.8) is 0 Å². The zero-order valence-corrected chi connectivity index (χ0v) is 11.6. The van der Waals surface area contributed by atoms with Crippen LogP contribution in [0.3, 0.4) is 0 Å². The monoisotopic (exact) mass is 264 g/mol. The van der Waals surface area contributed by atoms with Crippen molar-refractivity contribution < 1.29 is 19.0 Å².